The number of carbonyl (C=O) groups is 3. The molecule has 2 rings (SSSR count). The molecule has 5 nitrogen and oxygen atoms in total. The van der Waals surface area contributed by atoms with E-state index in [9.17, 15) is 14.4 Å². The van der Waals surface area contributed by atoms with Crippen LogP contribution in [0.4, 0.5) is 5.69 Å². The molecule has 1 N–H and O–H groups in total. The van der Waals surface area contributed by atoms with E-state index in [4.69, 9.17) is 4.74 Å². The fourth-order valence-corrected chi connectivity index (χ4v) is 2.93. The van der Waals surface area contributed by atoms with Gasteiger partial charge in [0.25, 0.3) is 5.91 Å². The van der Waals surface area contributed by atoms with Crippen molar-refractivity contribution in [3.63, 3.8) is 0 Å². The van der Waals surface area contributed by atoms with Gasteiger partial charge in [-0.15, -0.1) is 11.8 Å². The van der Waals surface area contributed by atoms with Gasteiger partial charge >= 0.3 is 5.97 Å². The zero-order valence-electron chi connectivity index (χ0n) is 13.9. The van der Waals surface area contributed by atoms with Crippen molar-refractivity contribution in [3.05, 3.63) is 60.2 Å². The number of para-hydroxylation sites is 1. The Morgan fingerprint density at radius 1 is 1.00 bits per heavy atom. The van der Waals surface area contributed by atoms with E-state index in [2.05, 4.69) is 5.32 Å². The second-order valence-electron chi connectivity index (χ2n) is 5.22. The number of hydrogen-bond donors (Lipinski definition) is 1. The van der Waals surface area contributed by atoms with Gasteiger partial charge in [0.2, 0.25) is 0 Å². The van der Waals surface area contributed by atoms with Crippen LogP contribution in [0.1, 0.15) is 23.7 Å². The third kappa shape index (κ3) is 6.43. The van der Waals surface area contributed by atoms with E-state index in [0.29, 0.717) is 17.0 Å². The summed E-state index contributed by atoms with van der Waals surface area (Å²) in [5.74, 6) is -0.473. The molecule has 0 bridgehead atoms. The molecule has 1 amide bonds. The smallest absolute Gasteiger partial charge is 0.307 e. The van der Waals surface area contributed by atoms with Crippen LogP contribution in [-0.2, 0) is 14.3 Å². The Balaban J connectivity index is 1.73. The van der Waals surface area contributed by atoms with Gasteiger partial charge in [0.1, 0.15) is 0 Å². The van der Waals surface area contributed by atoms with Crippen LogP contribution in [0.3, 0.4) is 0 Å². The minimum Gasteiger partial charge on any atom is -0.456 e. The summed E-state index contributed by atoms with van der Waals surface area (Å²) >= 11 is 1.55. The number of ketones is 1. The monoisotopic (exact) mass is 357 g/mol. The summed E-state index contributed by atoms with van der Waals surface area (Å²) in [4.78, 5) is 36.2. The van der Waals surface area contributed by atoms with Crippen molar-refractivity contribution in [1.82, 2.24) is 0 Å². The number of thioether (sulfide) groups is 1. The summed E-state index contributed by atoms with van der Waals surface area (Å²) in [6.45, 7) is 1.05. The van der Waals surface area contributed by atoms with Crippen LogP contribution < -0.4 is 5.32 Å². The third-order valence-electron chi connectivity index (χ3n) is 3.26. The van der Waals surface area contributed by atoms with E-state index in [-0.39, 0.29) is 18.8 Å². The first-order valence-electron chi connectivity index (χ1n) is 7.79. The van der Waals surface area contributed by atoms with Gasteiger partial charge in [-0.05, 0) is 31.2 Å². The zero-order chi connectivity index (χ0) is 18.1. The van der Waals surface area contributed by atoms with Crippen LogP contribution in [0.25, 0.3) is 0 Å². The van der Waals surface area contributed by atoms with Crippen LogP contribution in [0, 0.1) is 0 Å². The normalized spacial score (nSPS) is 10.1. The number of carbonyl (C=O) groups excluding carboxylic acids is 3. The molecule has 2 aromatic carbocycles. The summed E-state index contributed by atoms with van der Waals surface area (Å²) in [5.41, 5.74) is 0.831. The maximum atomic E-state index is 11.9. The van der Waals surface area contributed by atoms with Gasteiger partial charge in [-0.3, -0.25) is 14.4 Å². The Kier molecular flexibility index (Phi) is 7.22. The standard InChI is InChI=1S/C19H19NO4S/c1-14(21)16-9-5-6-10-17(16)20-18(22)13-24-19(23)11-12-25-15-7-3-2-4-8-15/h2-10H,11-13H2,1H3,(H,20,22). The molecule has 6 heteroatoms. The maximum absolute atomic E-state index is 11.9. The largest absolute Gasteiger partial charge is 0.456 e. The molecular weight excluding hydrogens is 338 g/mol. The predicted molar refractivity (Wildman–Crippen MR) is 97.8 cm³/mol. The highest BCUT2D eigenvalue weighted by molar-refractivity contribution is 7.99. The molecule has 0 aliphatic heterocycles. The topological polar surface area (TPSA) is 72.5 Å². The number of esters is 1. The van der Waals surface area contributed by atoms with Gasteiger partial charge in [0, 0.05) is 16.2 Å². The Labute approximate surface area is 150 Å². The summed E-state index contributed by atoms with van der Waals surface area (Å²) < 4.78 is 4.97. The number of rotatable bonds is 8. The van der Waals surface area contributed by atoms with Crippen LogP contribution in [-0.4, -0.2) is 30.0 Å². The molecular formula is C19H19NO4S. The van der Waals surface area contributed by atoms with Gasteiger partial charge in [-0.1, -0.05) is 30.3 Å². The summed E-state index contributed by atoms with van der Waals surface area (Å²) in [6, 6.07) is 16.4. The van der Waals surface area contributed by atoms with E-state index in [1.165, 1.54) is 6.92 Å². The van der Waals surface area contributed by atoms with E-state index >= 15 is 0 Å². The number of anilines is 1. The molecule has 0 saturated heterocycles. The highest BCUT2D eigenvalue weighted by Crippen LogP contribution is 2.18. The Bertz CT molecular complexity index is 746. The first-order valence-corrected chi connectivity index (χ1v) is 8.78. The molecule has 0 aliphatic rings. The Morgan fingerprint density at radius 2 is 1.68 bits per heavy atom. The quantitative estimate of drug-likeness (QED) is 0.444. The van der Waals surface area contributed by atoms with Crippen LogP contribution in [0.5, 0.6) is 0 Å². The number of hydrogen-bond acceptors (Lipinski definition) is 5. The number of amides is 1. The molecule has 25 heavy (non-hydrogen) atoms. The minimum atomic E-state index is -0.474. The first-order chi connectivity index (χ1) is 12.1. The van der Waals surface area contributed by atoms with E-state index in [1.807, 2.05) is 30.3 Å². The van der Waals surface area contributed by atoms with Gasteiger partial charge < -0.3 is 10.1 Å². The molecule has 0 aromatic heterocycles. The lowest BCUT2D eigenvalue weighted by molar-refractivity contribution is -0.146. The molecule has 130 valence electrons. The van der Waals surface area contributed by atoms with Crippen LogP contribution in [0.2, 0.25) is 0 Å². The Morgan fingerprint density at radius 3 is 2.40 bits per heavy atom. The van der Waals surface area contributed by atoms with Gasteiger partial charge in [-0.2, -0.15) is 0 Å². The molecule has 0 saturated carbocycles. The van der Waals surface area contributed by atoms with Crippen molar-refractivity contribution >= 4 is 35.1 Å². The average molecular weight is 357 g/mol. The molecule has 0 heterocycles. The highest BCUT2D eigenvalue weighted by Gasteiger charge is 2.11. The second kappa shape index (κ2) is 9.64. The van der Waals surface area contributed by atoms with Gasteiger partial charge in [-0.25, -0.2) is 0 Å². The molecule has 0 radical (unpaired) electrons. The second-order valence-corrected chi connectivity index (χ2v) is 6.39. The van der Waals surface area contributed by atoms with Crippen molar-refractivity contribution in [2.24, 2.45) is 0 Å². The fraction of sp³-hybridized carbons (Fsp3) is 0.211. The molecule has 0 fully saturated rings. The Hall–Kier alpha value is -2.60. The number of benzene rings is 2. The number of Topliss-reactive ketones (excluding diaryl/α,β-unsaturated/α-hetero) is 1. The maximum Gasteiger partial charge on any atom is 0.307 e. The SMILES string of the molecule is CC(=O)c1ccccc1NC(=O)COC(=O)CCSc1ccccc1. The summed E-state index contributed by atoms with van der Waals surface area (Å²) in [6.07, 6.45) is 0.219. The van der Waals surface area contributed by atoms with Crippen molar-refractivity contribution in [3.8, 4) is 0 Å². The van der Waals surface area contributed by atoms with Crippen molar-refractivity contribution < 1.29 is 19.1 Å². The zero-order valence-corrected chi connectivity index (χ0v) is 14.7. The fourth-order valence-electron chi connectivity index (χ4n) is 2.07. The van der Waals surface area contributed by atoms with Crippen LogP contribution >= 0.6 is 11.8 Å². The molecule has 0 spiro atoms. The van der Waals surface area contributed by atoms with Gasteiger partial charge in [0.15, 0.2) is 12.4 Å². The average Bonchev–Trinajstić information content (AvgIpc) is 2.61. The highest BCUT2D eigenvalue weighted by atomic mass is 32.2. The lowest BCUT2D eigenvalue weighted by Gasteiger charge is -2.09. The lowest BCUT2D eigenvalue weighted by atomic mass is 10.1. The van der Waals surface area contributed by atoms with Crippen molar-refractivity contribution in [1.29, 1.82) is 0 Å². The number of ether oxygens (including phenoxy) is 1. The molecule has 0 unspecified atom stereocenters. The predicted octanol–water partition coefficient (Wildman–Crippen LogP) is 3.55. The summed E-state index contributed by atoms with van der Waals surface area (Å²) in [5, 5.41) is 2.59. The third-order valence-corrected chi connectivity index (χ3v) is 4.28. The lowest BCUT2D eigenvalue weighted by Crippen LogP contribution is -2.22. The molecule has 0 aliphatic carbocycles. The van der Waals surface area contributed by atoms with Gasteiger partial charge in [0.05, 0.1) is 12.1 Å². The van der Waals surface area contributed by atoms with E-state index in [1.54, 1.807) is 36.0 Å². The van der Waals surface area contributed by atoms with Crippen LogP contribution in [0.15, 0.2) is 59.5 Å². The van der Waals surface area contributed by atoms with Crippen molar-refractivity contribution in [2.45, 2.75) is 18.2 Å². The van der Waals surface area contributed by atoms with E-state index in [0.717, 1.165) is 4.90 Å². The number of nitrogens with one attached hydrogen (secondary N) is 1. The minimum absolute atomic E-state index is 0.147. The molecule has 2 aromatic rings. The van der Waals surface area contributed by atoms with E-state index < -0.39 is 11.9 Å². The molecule has 0 atom stereocenters. The first kappa shape index (κ1) is 18.7. The van der Waals surface area contributed by atoms with Crippen molar-refractivity contribution in [2.75, 3.05) is 17.7 Å². The summed E-state index contributed by atoms with van der Waals surface area (Å²) in [7, 11) is 0.